The van der Waals surface area contributed by atoms with Gasteiger partial charge in [-0.3, -0.25) is 0 Å². The number of rotatable bonds is 1. The molecule has 92 valence electrons. The highest BCUT2D eigenvalue weighted by molar-refractivity contribution is 7.88. The summed E-state index contributed by atoms with van der Waals surface area (Å²) < 4.78 is 30.4. The summed E-state index contributed by atoms with van der Waals surface area (Å²) in [5.41, 5.74) is 8.53. The number of nitrogens with two attached hydrogens (primary N) is 1. The Morgan fingerprint density at radius 2 is 1.94 bits per heavy atom. The monoisotopic (exact) mass is 254 g/mol. The van der Waals surface area contributed by atoms with Gasteiger partial charge in [0, 0.05) is 18.8 Å². The third-order valence-electron chi connectivity index (χ3n) is 3.34. The zero-order valence-corrected chi connectivity index (χ0v) is 10.3. The number of benzene rings is 1. The molecule has 0 amide bonds. The van der Waals surface area contributed by atoms with Crippen LogP contribution >= 0.6 is 0 Å². The molecule has 0 aromatic heterocycles. The Balaban J connectivity index is 2.01. The minimum Gasteiger partial charge on any atom is -0.399 e. The predicted molar refractivity (Wildman–Crippen MR) is 63.8 cm³/mol. The molecule has 1 aromatic carbocycles. The van der Waals surface area contributed by atoms with Gasteiger partial charge in [0.1, 0.15) is 0 Å². The normalized spacial score (nSPS) is 28.1. The van der Waals surface area contributed by atoms with Gasteiger partial charge in [0.15, 0.2) is 0 Å². The molecule has 0 radical (unpaired) electrons. The maximum absolute atomic E-state index is 11.6. The van der Waals surface area contributed by atoms with Crippen molar-refractivity contribution in [1.82, 2.24) is 4.31 Å². The first-order valence-electron chi connectivity index (χ1n) is 5.45. The molecule has 1 fully saturated rings. The lowest BCUT2D eigenvalue weighted by Gasteiger charge is -2.30. The molecule has 17 heavy (non-hydrogen) atoms. The van der Waals surface area contributed by atoms with Crippen LogP contribution in [0.25, 0.3) is 0 Å². The van der Waals surface area contributed by atoms with E-state index < -0.39 is 10.0 Å². The lowest BCUT2D eigenvalue weighted by molar-refractivity contribution is -0.0430. The van der Waals surface area contributed by atoms with Crippen LogP contribution in [0.1, 0.15) is 23.3 Å². The number of hydrogen-bond donors (Lipinski definition) is 1. The van der Waals surface area contributed by atoms with Gasteiger partial charge >= 0.3 is 0 Å². The van der Waals surface area contributed by atoms with Crippen molar-refractivity contribution in [2.24, 2.45) is 0 Å². The summed E-state index contributed by atoms with van der Waals surface area (Å²) in [7, 11) is -3.16. The van der Waals surface area contributed by atoms with Gasteiger partial charge in [-0.1, -0.05) is 6.07 Å². The van der Waals surface area contributed by atoms with Crippen LogP contribution in [0.2, 0.25) is 0 Å². The Morgan fingerprint density at radius 3 is 2.59 bits per heavy atom. The van der Waals surface area contributed by atoms with E-state index in [-0.39, 0.29) is 12.2 Å². The molecule has 2 bridgehead atoms. The number of nitrogen functional groups attached to an aromatic ring is 1. The molecule has 6 heteroatoms. The van der Waals surface area contributed by atoms with Gasteiger partial charge in [0.25, 0.3) is 0 Å². The lowest BCUT2D eigenvalue weighted by atomic mass is 10.0. The van der Waals surface area contributed by atoms with E-state index in [2.05, 4.69) is 0 Å². The van der Waals surface area contributed by atoms with Crippen LogP contribution < -0.4 is 5.73 Å². The highest BCUT2D eigenvalue weighted by atomic mass is 32.2. The van der Waals surface area contributed by atoms with Crippen molar-refractivity contribution in [1.29, 1.82) is 0 Å². The zero-order valence-electron chi connectivity index (χ0n) is 9.46. The van der Waals surface area contributed by atoms with Crippen molar-refractivity contribution >= 4 is 15.7 Å². The summed E-state index contributed by atoms with van der Waals surface area (Å²) in [6.45, 7) is 0.776. The molecule has 0 spiro atoms. The first kappa shape index (κ1) is 11.0. The Hall–Kier alpha value is -1.11. The number of nitrogens with zero attached hydrogens (tertiary/aromatic N) is 1. The highest BCUT2D eigenvalue weighted by Crippen LogP contribution is 2.44. The van der Waals surface area contributed by atoms with Crippen LogP contribution in [0.5, 0.6) is 0 Å². The summed E-state index contributed by atoms with van der Waals surface area (Å²) in [6, 6.07) is 5.64. The van der Waals surface area contributed by atoms with Gasteiger partial charge < -0.3 is 10.5 Å². The summed E-state index contributed by atoms with van der Waals surface area (Å²) in [5.74, 6) is 0. The smallest absolute Gasteiger partial charge is 0.211 e. The Bertz CT molecular complexity index is 570. The van der Waals surface area contributed by atoms with Crippen LogP contribution in [0.3, 0.4) is 0 Å². The van der Waals surface area contributed by atoms with E-state index in [1.165, 1.54) is 10.6 Å². The van der Waals surface area contributed by atoms with Crippen molar-refractivity contribution < 1.29 is 13.2 Å². The molecule has 0 aliphatic carbocycles. The molecule has 2 N–H and O–H groups in total. The molecule has 3 rings (SSSR count). The molecule has 2 unspecified atom stereocenters. The van der Waals surface area contributed by atoms with Crippen LogP contribution in [0, 0.1) is 0 Å². The first-order valence-corrected chi connectivity index (χ1v) is 7.30. The van der Waals surface area contributed by atoms with E-state index in [4.69, 9.17) is 10.5 Å². The fourth-order valence-corrected chi connectivity index (χ4v) is 3.32. The maximum atomic E-state index is 11.6. The summed E-state index contributed by atoms with van der Waals surface area (Å²) in [4.78, 5) is 0. The Kier molecular flexibility index (Phi) is 2.23. The summed E-state index contributed by atoms with van der Waals surface area (Å²) >= 11 is 0. The molecular formula is C11H14N2O3S. The predicted octanol–water partition coefficient (Wildman–Crippen LogP) is 0.656. The Morgan fingerprint density at radius 1 is 1.29 bits per heavy atom. The molecule has 2 aliphatic rings. The number of ether oxygens (including phenoxy) is 1. The number of anilines is 1. The van der Waals surface area contributed by atoms with Crippen LogP contribution in [-0.2, 0) is 14.8 Å². The maximum Gasteiger partial charge on any atom is 0.211 e. The molecule has 1 saturated heterocycles. The van der Waals surface area contributed by atoms with Gasteiger partial charge in [-0.15, -0.1) is 0 Å². The summed E-state index contributed by atoms with van der Waals surface area (Å²) in [5, 5.41) is 0. The van der Waals surface area contributed by atoms with Gasteiger partial charge in [-0.2, -0.15) is 4.31 Å². The van der Waals surface area contributed by atoms with Crippen molar-refractivity contribution in [2.45, 2.75) is 12.2 Å². The average molecular weight is 254 g/mol. The van der Waals surface area contributed by atoms with E-state index in [9.17, 15) is 8.42 Å². The molecule has 2 atom stereocenters. The topological polar surface area (TPSA) is 72.6 Å². The quantitative estimate of drug-likeness (QED) is 0.747. The first-order chi connectivity index (χ1) is 7.95. The lowest BCUT2D eigenvalue weighted by Crippen LogP contribution is -2.39. The fraction of sp³-hybridized carbons (Fsp3) is 0.455. The standard InChI is InChI=1S/C11H14N2O3S/c1-17(14,15)13-5-10-8-3-2-7(12)4-9(8)11(6-13)16-10/h2-4,10-11H,5-6,12H2,1H3. The zero-order chi connectivity index (χ0) is 12.2. The third kappa shape index (κ3) is 1.72. The van der Waals surface area contributed by atoms with Crippen molar-refractivity contribution in [3.05, 3.63) is 29.3 Å². The highest BCUT2D eigenvalue weighted by Gasteiger charge is 2.41. The minimum absolute atomic E-state index is 0.154. The third-order valence-corrected chi connectivity index (χ3v) is 4.58. The minimum atomic E-state index is -3.16. The molecule has 0 saturated carbocycles. The molecule has 2 aliphatic heterocycles. The van der Waals surface area contributed by atoms with Gasteiger partial charge in [-0.05, 0) is 23.3 Å². The number of fused-ring (bicyclic) bond motifs is 5. The van der Waals surface area contributed by atoms with Gasteiger partial charge in [0.05, 0.1) is 18.5 Å². The molecular weight excluding hydrogens is 240 g/mol. The number of sulfonamides is 1. The largest absolute Gasteiger partial charge is 0.399 e. The van der Waals surface area contributed by atoms with E-state index >= 15 is 0 Å². The second-order valence-electron chi connectivity index (χ2n) is 4.58. The molecule has 2 heterocycles. The fourth-order valence-electron chi connectivity index (χ4n) is 2.51. The van der Waals surface area contributed by atoms with Crippen molar-refractivity contribution in [2.75, 3.05) is 25.1 Å². The Labute approximate surface area is 100 Å². The number of morpholine rings is 1. The van der Waals surface area contributed by atoms with E-state index in [1.54, 1.807) is 0 Å². The average Bonchev–Trinajstić information content (AvgIpc) is 2.49. The molecule has 5 nitrogen and oxygen atoms in total. The van der Waals surface area contributed by atoms with E-state index in [0.717, 1.165) is 11.1 Å². The van der Waals surface area contributed by atoms with Crippen LogP contribution in [0.15, 0.2) is 18.2 Å². The van der Waals surface area contributed by atoms with E-state index in [1.807, 2.05) is 18.2 Å². The summed E-state index contributed by atoms with van der Waals surface area (Å²) in [6.07, 6.45) is 0.901. The second-order valence-corrected chi connectivity index (χ2v) is 6.56. The van der Waals surface area contributed by atoms with Crippen molar-refractivity contribution in [3.8, 4) is 0 Å². The SMILES string of the molecule is CS(=O)(=O)N1CC2OC(C1)c1cc(N)ccc12. The van der Waals surface area contributed by atoms with Crippen LogP contribution in [0.4, 0.5) is 5.69 Å². The van der Waals surface area contributed by atoms with Gasteiger partial charge in [0.2, 0.25) is 10.0 Å². The van der Waals surface area contributed by atoms with Crippen LogP contribution in [-0.4, -0.2) is 32.1 Å². The van der Waals surface area contributed by atoms with Gasteiger partial charge in [-0.25, -0.2) is 8.42 Å². The number of hydrogen-bond acceptors (Lipinski definition) is 4. The van der Waals surface area contributed by atoms with E-state index in [0.29, 0.717) is 18.8 Å². The second kappa shape index (κ2) is 3.44. The van der Waals surface area contributed by atoms with Crippen molar-refractivity contribution in [3.63, 3.8) is 0 Å². The molecule has 1 aromatic rings.